The second-order valence-electron chi connectivity index (χ2n) is 6.75. The molecule has 3 N–H and O–H groups in total. The molecule has 0 radical (unpaired) electrons. The Hall–Kier alpha value is -1.43. The van der Waals surface area contributed by atoms with Crippen LogP contribution in [0.1, 0.15) is 17.3 Å². The first-order chi connectivity index (χ1) is 13.1. The molecule has 3 aromatic rings. The van der Waals surface area contributed by atoms with Gasteiger partial charge in [0.1, 0.15) is 0 Å². The third-order valence-electron chi connectivity index (χ3n) is 5.14. The van der Waals surface area contributed by atoms with Crippen LogP contribution in [0.5, 0.6) is 0 Å². The number of hydrogen-bond acceptors (Lipinski definition) is 3. The Kier molecular flexibility index (Phi) is 5.53. The van der Waals surface area contributed by atoms with Crippen molar-refractivity contribution in [1.82, 2.24) is 9.88 Å². The van der Waals surface area contributed by atoms with Crippen molar-refractivity contribution in [2.45, 2.75) is 12.5 Å². The van der Waals surface area contributed by atoms with Crippen LogP contribution in [0.4, 0.5) is 5.69 Å². The van der Waals surface area contributed by atoms with Gasteiger partial charge in [-0.15, -0.1) is 0 Å². The number of anilines is 1. The van der Waals surface area contributed by atoms with Crippen molar-refractivity contribution in [2.75, 3.05) is 31.6 Å². The summed E-state index contributed by atoms with van der Waals surface area (Å²) >= 11 is 18.2. The second-order valence-corrected chi connectivity index (χ2v) is 8.00. The molecule has 1 aliphatic rings. The first kappa shape index (κ1) is 18.9. The number of halogens is 3. The molecule has 0 aliphatic carbocycles. The average molecular weight is 425 g/mol. The van der Waals surface area contributed by atoms with Crippen LogP contribution in [-0.4, -0.2) is 41.2 Å². The maximum absolute atomic E-state index is 10.0. The van der Waals surface area contributed by atoms with Gasteiger partial charge in [-0.25, -0.2) is 0 Å². The van der Waals surface area contributed by atoms with Crippen molar-refractivity contribution in [1.29, 1.82) is 0 Å². The number of aliphatic hydroxyl groups is 1. The van der Waals surface area contributed by atoms with E-state index in [2.05, 4.69) is 15.2 Å². The van der Waals surface area contributed by atoms with E-state index in [0.29, 0.717) is 10.0 Å². The minimum atomic E-state index is -0.0458. The number of aromatic nitrogens is 1. The van der Waals surface area contributed by atoms with Crippen LogP contribution in [0.2, 0.25) is 15.1 Å². The highest BCUT2D eigenvalue weighted by molar-refractivity contribution is 6.42. The monoisotopic (exact) mass is 423 g/mol. The van der Waals surface area contributed by atoms with E-state index in [1.165, 1.54) is 5.56 Å². The summed E-state index contributed by atoms with van der Waals surface area (Å²) in [5.74, 6) is 0. The van der Waals surface area contributed by atoms with Gasteiger partial charge in [-0.3, -0.25) is 4.90 Å². The molecule has 27 heavy (non-hydrogen) atoms. The van der Waals surface area contributed by atoms with Crippen LogP contribution in [0.3, 0.4) is 0 Å². The van der Waals surface area contributed by atoms with E-state index >= 15 is 0 Å². The number of hydrogen-bond donors (Lipinski definition) is 3. The van der Waals surface area contributed by atoms with Gasteiger partial charge >= 0.3 is 0 Å². The fourth-order valence-electron chi connectivity index (χ4n) is 3.81. The van der Waals surface area contributed by atoms with Gasteiger partial charge < -0.3 is 15.4 Å². The fraction of sp³-hybridized carbons (Fsp3) is 0.300. The van der Waals surface area contributed by atoms with Crippen LogP contribution >= 0.6 is 34.8 Å². The lowest BCUT2D eigenvalue weighted by Gasteiger charge is -2.34. The molecular weight excluding hydrogens is 405 g/mol. The quantitative estimate of drug-likeness (QED) is 0.532. The SMILES string of the molecule is OCC1c2[nH]c3ccc(Cl)cc3c2CCN1CCNc1ccc(Cl)c(Cl)c1. The molecule has 2 aromatic carbocycles. The van der Waals surface area contributed by atoms with E-state index in [0.717, 1.165) is 53.4 Å². The summed E-state index contributed by atoms with van der Waals surface area (Å²) in [6.45, 7) is 2.51. The molecule has 0 spiro atoms. The van der Waals surface area contributed by atoms with E-state index in [1.54, 1.807) is 6.07 Å². The van der Waals surface area contributed by atoms with Gasteiger partial charge in [-0.1, -0.05) is 34.8 Å². The number of benzene rings is 2. The third kappa shape index (κ3) is 3.78. The van der Waals surface area contributed by atoms with Gasteiger partial charge in [-0.05, 0) is 48.4 Å². The molecule has 0 saturated heterocycles. The minimum absolute atomic E-state index is 0.0458. The van der Waals surface area contributed by atoms with E-state index < -0.39 is 0 Å². The standard InChI is InChI=1S/C20H20Cl3N3O/c21-12-1-4-18-15(9-12)14-5-7-26(19(11-27)20(14)25-18)8-6-24-13-2-3-16(22)17(23)10-13/h1-4,9-10,19,24-25,27H,5-8,11H2. The summed E-state index contributed by atoms with van der Waals surface area (Å²) in [4.78, 5) is 5.78. The molecule has 7 heteroatoms. The van der Waals surface area contributed by atoms with Crippen molar-refractivity contribution in [2.24, 2.45) is 0 Å². The third-order valence-corrected chi connectivity index (χ3v) is 6.12. The zero-order valence-electron chi connectivity index (χ0n) is 14.6. The Labute approximate surface area is 173 Å². The fourth-order valence-corrected chi connectivity index (χ4v) is 4.28. The van der Waals surface area contributed by atoms with E-state index in [1.807, 2.05) is 30.3 Å². The van der Waals surface area contributed by atoms with E-state index in [9.17, 15) is 5.11 Å². The van der Waals surface area contributed by atoms with Crippen LogP contribution in [0, 0.1) is 0 Å². The Morgan fingerprint density at radius 1 is 1.11 bits per heavy atom. The van der Waals surface area contributed by atoms with Crippen LogP contribution < -0.4 is 5.32 Å². The highest BCUT2D eigenvalue weighted by Crippen LogP contribution is 2.35. The molecule has 1 aromatic heterocycles. The van der Waals surface area contributed by atoms with Crippen LogP contribution in [0.25, 0.3) is 10.9 Å². The first-order valence-electron chi connectivity index (χ1n) is 8.90. The molecule has 142 valence electrons. The lowest BCUT2D eigenvalue weighted by atomic mass is 9.97. The Balaban J connectivity index is 1.48. The number of H-pyrrole nitrogens is 1. The van der Waals surface area contributed by atoms with Gasteiger partial charge in [0.15, 0.2) is 0 Å². The van der Waals surface area contributed by atoms with Crippen LogP contribution in [-0.2, 0) is 6.42 Å². The zero-order valence-corrected chi connectivity index (χ0v) is 16.9. The number of rotatable bonds is 5. The van der Waals surface area contributed by atoms with Gasteiger partial charge in [-0.2, -0.15) is 0 Å². The summed E-state index contributed by atoms with van der Waals surface area (Å²) in [7, 11) is 0. The summed E-state index contributed by atoms with van der Waals surface area (Å²) in [5.41, 5.74) is 4.36. The maximum atomic E-state index is 10.0. The van der Waals surface area contributed by atoms with Crippen LogP contribution in [0.15, 0.2) is 36.4 Å². The molecule has 0 amide bonds. The molecule has 1 atom stereocenters. The van der Waals surface area contributed by atoms with Gasteiger partial charge in [0.2, 0.25) is 0 Å². The molecule has 2 heterocycles. The van der Waals surface area contributed by atoms with E-state index in [4.69, 9.17) is 34.8 Å². The number of nitrogens with zero attached hydrogens (tertiary/aromatic N) is 1. The van der Waals surface area contributed by atoms with Gasteiger partial charge in [0.25, 0.3) is 0 Å². The number of aliphatic hydroxyl groups excluding tert-OH is 1. The second kappa shape index (κ2) is 7.90. The van der Waals surface area contributed by atoms with Crippen molar-refractivity contribution < 1.29 is 5.11 Å². The Morgan fingerprint density at radius 2 is 1.96 bits per heavy atom. The molecule has 1 aliphatic heterocycles. The van der Waals surface area contributed by atoms with Crippen molar-refractivity contribution in [3.8, 4) is 0 Å². The predicted octanol–water partition coefficient (Wildman–Crippen LogP) is 5.13. The Bertz CT molecular complexity index is 973. The van der Waals surface area contributed by atoms with E-state index in [-0.39, 0.29) is 12.6 Å². The van der Waals surface area contributed by atoms with Gasteiger partial charge in [0.05, 0.1) is 22.7 Å². The average Bonchev–Trinajstić information content (AvgIpc) is 3.02. The van der Waals surface area contributed by atoms with Gasteiger partial charge in [0, 0.05) is 46.9 Å². The molecule has 0 fully saturated rings. The Morgan fingerprint density at radius 3 is 2.74 bits per heavy atom. The lowest BCUT2D eigenvalue weighted by Crippen LogP contribution is -2.40. The maximum Gasteiger partial charge on any atom is 0.0736 e. The lowest BCUT2D eigenvalue weighted by molar-refractivity contribution is 0.116. The first-order valence-corrected chi connectivity index (χ1v) is 10.0. The molecule has 4 rings (SSSR count). The molecule has 1 unspecified atom stereocenters. The van der Waals surface area contributed by atoms with Crippen molar-refractivity contribution in [3.63, 3.8) is 0 Å². The molecule has 0 saturated carbocycles. The number of nitrogens with one attached hydrogen (secondary N) is 2. The molecule has 4 nitrogen and oxygen atoms in total. The molecular formula is C20H20Cl3N3O. The summed E-state index contributed by atoms with van der Waals surface area (Å²) in [5, 5.41) is 16.4. The highest BCUT2D eigenvalue weighted by atomic mass is 35.5. The summed E-state index contributed by atoms with van der Waals surface area (Å²) < 4.78 is 0. The number of fused-ring (bicyclic) bond motifs is 3. The predicted molar refractivity (Wildman–Crippen MR) is 113 cm³/mol. The summed E-state index contributed by atoms with van der Waals surface area (Å²) in [6, 6.07) is 11.4. The molecule has 0 bridgehead atoms. The van der Waals surface area contributed by atoms with Crippen molar-refractivity contribution in [3.05, 3.63) is 62.7 Å². The normalized spacial score (nSPS) is 17.3. The smallest absolute Gasteiger partial charge is 0.0736 e. The van der Waals surface area contributed by atoms with Crippen molar-refractivity contribution >= 4 is 51.4 Å². The zero-order chi connectivity index (χ0) is 19.0. The highest BCUT2D eigenvalue weighted by Gasteiger charge is 2.29. The minimum Gasteiger partial charge on any atom is -0.394 e. The summed E-state index contributed by atoms with van der Waals surface area (Å²) in [6.07, 6.45) is 0.930. The topological polar surface area (TPSA) is 51.3 Å². The largest absolute Gasteiger partial charge is 0.394 e. The number of aromatic amines is 1.